The minimum atomic E-state index is 0.564. The molecule has 0 N–H and O–H groups in total. The third-order valence-electron chi connectivity index (χ3n) is 4.10. The molecule has 0 radical (unpaired) electrons. The highest BCUT2D eigenvalue weighted by Crippen LogP contribution is 2.39. The molecular formula is C15H16N2O. The molecule has 4 rings (SSSR count). The number of hydrogen-bond donors (Lipinski definition) is 0. The predicted octanol–water partition coefficient (Wildman–Crippen LogP) is 3.22. The zero-order valence-electron chi connectivity index (χ0n) is 10.3. The van der Waals surface area contributed by atoms with E-state index < -0.39 is 0 Å². The van der Waals surface area contributed by atoms with Crippen LogP contribution < -0.4 is 0 Å². The van der Waals surface area contributed by atoms with E-state index in [0.29, 0.717) is 11.8 Å². The van der Waals surface area contributed by atoms with E-state index in [1.54, 1.807) is 0 Å². The van der Waals surface area contributed by atoms with E-state index in [-0.39, 0.29) is 0 Å². The molecule has 2 aromatic rings. The Morgan fingerprint density at radius 1 is 1.17 bits per heavy atom. The van der Waals surface area contributed by atoms with Gasteiger partial charge in [0.25, 0.3) is 0 Å². The summed E-state index contributed by atoms with van der Waals surface area (Å²) in [4.78, 5) is 4.53. The second-order valence-electron chi connectivity index (χ2n) is 5.46. The molecule has 1 aromatic heterocycles. The van der Waals surface area contributed by atoms with Gasteiger partial charge in [0.15, 0.2) is 5.82 Å². The van der Waals surface area contributed by atoms with E-state index in [4.69, 9.17) is 4.52 Å². The number of aryl methyl sites for hydroxylation is 1. The Labute approximate surface area is 106 Å². The van der Waals surface area contributed by atoms with E-state index >= 15 is 0 Å². The average Bonchev–Trinajstić information content (AvgIpc) is 3.02. The van der Waals surface area contributed by atoms with Gasteiger partial charge in [-0.3, -0.25) is 0 Å². The SMILES string of the molecule is c1ccc2c(c1)CCC2Cc1nc(C2CC2)no1. The minimum Gasteiger partial charge on any atom is -0.339 e. The molecule has 92 valence electrons. The largest absolute Gasteiger partial charge is 0.339 e. The van der Waals surface area contributed by atoms with Crippen molar-refractivity contribution in [2.75, 3.05) is 0 Å². The van der Waals surface area contributed by atoms with Gasteiger partial charge in [-0.25, -0.2) is 0 Å². The Hall–Kier alpha value is -1.64. The molecule has 18 heavy (non-hydrogen) atoms. The lowest BCUT2D eigenvalue weighted by atomic mass is 9.98. The first kappa shape index (κ1) is 10.3. The average molecular weight is 240 g/mol. The summed E-state index contributed by atoms with van der Waals surface area (Å²) >= 11 is 0. The molecular weight excluding hydrogens is 224 g/mol. The lowest BCUT2D eigenvalue weighted by Crippen LogP contribution is -1.99. The van der Waals surface area contributed by atoms with Crippen LogP contribution in [0.3, 0.4) is 0 Å². The molecule has 1 fully saturated rings. The van der Waals surface area contributed by atoms with Gasteiger partial charge < -0.3 is 4.52 Å². The number of nitrogens with zero attached hydrogens (tertiary/aromatic N) is 2. The molecule has 0 spiro atoms. The molecule has 0 amide bonds. The smallest absolute Gasteiger partial charge is 0.227 e. The molecule has 3 heteroatoms. The van der Waals surface area contributed by atoms with Gasteiger partial charge in [-0.2, -0.15) is 4.98 Å². The number of fused-ring (bicyclic) bond motifs is 1. The fourth-order valence-electron chi connectivity index (χ4n) is 2.93. The predicted molar refractivity (Wildman–Crippen MR) is 67.5 cm³/mol. The molecule has 2 aliphatic rings. The van der Waals surface area contributed by atoms with E-state index in [0.717, 1.165) is 18.1 Å². The highest BCUT2D eigenvalue weighted by molar-refractivity contribution is 5.35. The number of rotatable bonds is 3. The summed E-state index contributed by atoms with van der Waals surface area (Å²) < 4.78 is 5.38. The first-order chi connectivity index (χ1) is 8.90. The normalized spacial score (nSPS) is 22.1. The van der Waals surface area contributed by atoms with Gasteiger partial charge in [0.2, 0.25) is 5.89 Å². The molecule has 1 saturated carbocycles. The Morgan fingerprint density at radius 2 is 2.06 bits per heavy atom. The van der Waals surface area contributed by atoms with Crippen molar-refractivity contribution in [3.63, 3.8) is 0 Å². The van der Waals surface area contributed by atoms with Crippen molar-refractivity contribution in [3.05, 3.63) is 47.1 Å². The zero-order valence-corrected chi connectivity index (χ0v) is 10.3. The molecule has 0 aliphatic heterocycles. The molecule has 0 saturated heterocycles. The lowest BCUT2D eigenvalue weighted by Gasteiger charge is -2.07. The van der Waals surface area contributed by atoms with Crippen LogP contribution in [0.25, 0.3) is 0 Å². The van der Waals surface area contributed by atoms with Crippen molar-refractivity contribution in [2.45, 2.75) is 43.9 Å². The molecule has 2 aliphatic carbocycles. The van der Waals surface area contributed by atoms with Crippen molar-refractivity contribution in [3.8, 4) is 0 Å². The van der Waals surface area contributed by atoms with Gasteiger partial charge in [0.05, 0.1) is 0 Å². The molecule has 0 bridgehead atoms. The fraction of sp³-hybridized carbons (Fsp3) is 0.467. The second-order valence-corrected chi connectivity index (χ2v) is 5.46. The molecule has 1 aromatic carbocycles. The van der Waals surface area contributed by atoms with Crippen LogP contribution in [0, 0.1) is 0 Å². The van der Waals surface area contributed by atoms with Crippen LogP contribution >= 0.6 is 0 Å². The van der Waals surface area contributed by atoms with Gasteiger partial charge in [0, 0.05) is 12.3 Å². The van der Waals surface area contributed by atoms with Crippen LogP contribution in [0.15, 0.2) is 28.8 Å². The zero-order chi connectivity index (χ0) is 11.9. The number of aromatic nitrogens is 2. The highest BCUT2D eigenvalue weighted by atomic mass is 16.5. The first-order valence-electron chi connectivity index (χ1n) is 6.80. The van der Waals surface area contributed by atoms with Crippen LogP contribution in [-0.2, 0) is 12.8 Å². The summed E-state index contributed by atoms with van der Waals surface area (Å²) in [5.41, 5.74) is 2.97. The summed E-state index contributed by atoms with van der Waals surface area (Å²) in [6.45, 7) is 0. The number of benzene rings is 1. The maximum Gasteiger partial charge on any atom is 0.227 e. The monoisotopic (exact) mass is 240 g/mol. The Balaban J connectivity index is 1.54. The standard InChI is InChI=1S/C15H16N2O/c1-2-4-13-10(3-1)5-8-12(13)9-14-16-15(17-18-14)11-6-7-11/h1-4,11-12H,5-9H2. The Kier molecular flexibility index (Phi) is 2.25. The quantitative estimate of drug-likeness (QED) is 0.826. The third kappa shape index (κ3) is 1.74. The summed E-state index contributed by atoms with van der Waals surface area (Å²) in [6.07, 6.45) is 5.75. The van der Waals surface area contributed by atoms with Crippen LogP contribution in [0.4, 0.5) is 0 Å². The maximum atomic E-state index is 5.38. The van der Waals surface area contributed by atoms with Crippen molar-refractivity contribution >= 4 is 0 Å². The molecule has 1 unspecified atom stereocenters. The maximum absolute atomic E-state index is 5.38. The second kappa shape index (κ2) is 3.94. The summed E-state index contributed by atoms with van der Waals surface area (Å²) in [7, 11) is 0. The van der Waals surface area contributed by atoms with Crippen LogP contribution in [0.2, 0.25) is 0 Å². The minimum absolute atomic E-state index is 0.564. The summed E-state index contributed by atoms with van der Waals surface area (Å²) in [5, 5.41) is 4.09. The topological polar surface area (TPSA) is 38.9 Å². The van der Waals surface area contributed by atoms with E-state index in [9.17, 15) is 0 Å². The van der Waals surface area contributed by atoms with Crippen molar-refractivity contribution < 1.29 is 4.52 Å². The van der Waals surface area contributed by atoms with Crippen LogP contribution in [0.5, 0.6) is 0 Å². The summed E-state index contributed by atoms with van der Waals surface area (Å²) in [6, 6.07) is 8.73. The van der Waals surface area contributed by atoms with Crippen LogP contribution in [0.1, 0.15) is 53.9 Å². The van der Waals surface area contributed by atoms with Crippen molar-refractivity contribution in [1.82, 2.24) is 10.1 Å². The Bertz CT molecular complexity index is 571. The van der Waals surface area contributed by atoms with Crippen molar-refractivity contribution in [1.29, 1.82) is 0 Å². The van der Waals surface area contributed by atoms with E-state index in [1.165, 1.54) is 36.8 Å². The third-order valence-corrected chi connectivity index (χ3v) is 4.10. The lowest BCUT2D eigenvalue weighted by molar-refractivity contribution is 0.364. The van der Waals surface area contributed by atoms with Gasteiger partial charge >= 0.3 is 0 Å². The van der Waals surface area contributed by atoms with Gasteiger partial charge in [-0.15, -0.1) is 0 Å². The van der Waals surface area contributed by atoms with Gasteiger partial charge in [-0.05, 0) is 42.7 Å². The number of hydrogen-bond acceptors (Lipinski definition) is 3. The van der Waals surface area contributed by atoms with Crippen LogP contribution in [-0.4, -0.2) is 10.1 Å². The van der Waals surface area contributed by atoms with Gasteiger partial charge in [-0.1, -0.05) is 29.4 Å². The molecule has 3 nitrogen and oxygen atoms in total. The molecule has 1 heterocycles. The van der Waals surface area contributed by atoms with E-state index in [2.05, 4.69) is 34.4 Å². The fourth-order valence-corrected chi connectivity index (χ4v) is 2.93. The van der Waals surface area contributed by atoms with Crippen molar-refractivity contribution in [2.24, 2.45) is 0 Å². The molecule has 1 atom stereocenters. The first-order valence-corrected chi connectivity index (χ1v) is 6.80. The Morgan fingerprint density at radius 3 is 2.94 bits per heavy atom. The van der Waals surface area contributed by atoms with Gasteiger partial charge in [0.1, 0.15) is 0 Å². The highest BCUT2D eigenvalue weighted by Gasteiger charge is 2.30. The van der Waals surface area contributed by atoms with E-state index in [1.807, 2.05) is 0 Å². The summed E-state index contributed by atoms with van der Waals surface area (Å²) in [5.74, 6) is 2.89.